The maximum atomic E-state index is 12.0. The average Bonchev–Trinajstić information content (AvgIpc) is 2.85. The molecule has 1 aliphatic rings. The standard InChI is InChI=1S/C11H18N4O2/c1-2-3-4-10-9-15(13-12-10)11(16)14-5-7-17-8-6-14/h9H,2-8H2,1H3. The fraction of sp³-hybridized carbons (Fsp3) is 0.727. The van der Waals surface area contributed by atoms with Crippen molar-refractivity contribution >= 4 is 6.03 Å². The molecule has 0 N–H and O–H groups in total. The highest BCUT2D eigenvalue weighted by molar-refractivity contribution is 5.75. The van der Waals surface area contributed by atoms with Crippen LogP contribution in [-0.4, -0.2) is 52.2 Å². The van der Waals surface area contributed by atoms with E-state index >= 15 is 0 Å². The molecule has 1 aromatic heterocycles. The largest absolute Gasteiger partial charge is 0.378 e. The van der Waals surface area contributed by atoms with Gasteiger partial charge >= 0.3 is 6.03 Å². The summed E-state index contributed by atoms with van der Waals surface area (Å²) in [6.07, 6.45) is 4.80. The summed E-state index contributed by atoms with van der Waals surface area (Å²) in [5.41, 5.74) is 0.883. The lowest BCUT2D eigenvalue weighted by Crippen LogP contribution is -2.43. The van der Waals surface area contributed by atoms with E-state index in [1.807, 2.05) is 0 Å². The number of amides is 1. The van der Waals surface area contributed by atoms with Crippen LogP contribution in [0.2, 0.25) is 0 Å². The first-order valence-corrected chi connectivity index (χ1v) is 6.09. The van der Waals surface area contributed by atoms with Crippen LogP contribution in [0.15, 0.2) is 6.20 Å². The molecule has 0 atom stereocenters. The van der Waals surface area contributed by atoms with Gasteiger partial charge < -0.3 is 9.64 Å². The van der Waals surface area contributed by atoms with Gasteiger partial charge in [0.25, 0.3) is 0 Å². The number of unbranched alkanes of at least 4 members (excludes halogenated alkanes) is 1. The first-order valence-electron chi connectivity index (χ1n) is 6.09. The van der Waals surface area contributed by atoms with Gasteiger partial charge in [-0.1, -0.05) is 18.6 Å². The molecule has 1 amide bonds. The Kier molecular flexibility index (Phi) is 4.08. The Morgan fingerprint density at radius 1 is 1.47 bits per heavy atom. The summed E-state index contributed by atoms with van der Waals surface area (Å²) in [6.45, 7) is 4.58. The second-order valence-electron chi connectivity index (χ2n) is 4.14. The van der Waals surface area contributed by atoms with Crippen LogP contribution in [0.25, 0.3) is 0 Å². The second-order valence-corrected chi connectivity index (χ2v) is 4.14. The molecule has 0 unspecified atom stereocenters. The Hall–Kier alpha value is -1.43. The van der Waals surface area contributed by atoms with Gasteiger partial charge in [0.15, 0.2) is 0 Å². The van der Waals surface area contributed by atoms with Crippen LogP contribution in [0.4, 0.5) is 4.79 Å². The molecule has 1 fully saturated rings. The lowest BCUT2D eigenvalue weighted by atomic mass is 10.2. The molecule has 0 radical (unpaired) electrons. The molecule has 17 heavy (non-hydrogen) atoms. The van der Waals surface area contributed by atoms with Crippen molar-refractivity contribution in [1.29, 1.82) is 0 Å². The Bertz CT molecular complexity index is 371. The van der Waals surface area contributed by atoms with Crippen LogP contribution in [0.1, 0.15) is 25.5 Å². The van der Waals surface area contributed by atoms with Crippen molar-refractivity contribution in [2.45, 2.75) is 26.2 Å². The number of carbonyl (C=O) groups excluding carboxylic acids is 1. The van der Waals surface area contributed by atoms with Crippen molar-refractivity contribution < 1.29 is 9.53 Å². The summed E-state index contributed by atoms with van der Waals surface area (Å²) in [4.78, 5) is 13.8. The monoisotopic (exact) mass is 238 g/mol. The third-order valence-corrected chi connectivity index (χ3v) is 2.80. The number of hydrogen-bond acceptors (Lipinski definition) is 4. The predicted octanol–water partition coefficient (Wildman–Crippen LogP) is 0.921. The molecule has 6 heteroatoms. The molecule has 0 aliphatic carbocycles. The summed E-state index contributed by atoms with van der Waals surface area (Å²) in [7, 11) is 0. The van der Waals surface area contributed by atoms with Gasteiger partial charge in [0.2, 0.25) is 0 Å². The Morgan fingerprint density at radius 3 is 2.94 bits per heavy atom. The molecule has 1 aliphatic heterocycles. The number of morpholine rings is 1. The van der Waals surface area contributed by atoms with Crippen LogP contribution >= 0.6 is 0 Å². The van der Waals surface area contributed by atoms with Crippen LogP contribution in [0, 0.1) is 0 Å². The molecule has 94 valence electrons. The number of rotatable bonds is 3. The van der Waals surface area contributed by atoms with Crippen molar-refractivity contribution in [1.82, 2.24) is 19.9 Å². The zero-order chi connectivity index (χ0) is 12.1. The number of hydrogen-bond donors (Lipinski definition) is 0. The molecule has 6 nitrogen and oxygen atoms in total. The lowest BCUT2D eigenvalue weighted by Gasteiger charge is -2.25. The van der Waals surface area contributed by atoms with E-state index in [2.05, 4.69) is 17.2 Å². The molecule has 1 aromatic rings. The molecule has 0 spiro atoms. The smallest absolute Gasteiger partial charge is 0.346 e. The normalized spacial score (nSPS) is 16.2. The minimum Gasteiger partial charge on any atom is -0.378 e. The van der Waals surface area contributed by atoms with E-state index in [9.17, 15) is 4.79 Å². The summed E-state index contributed by atoms with van der Waals surface area (Å²) in [5.74, 6) is 0. The number of aryl methyl sites for hydroxylation is 1. The van der Waals surface area contributed by atoms with Gasteiger partial charge in [0, 0.05) is 13.1 Å². The van der Waals surface area contributed by atoms with E-state index in [1.165, 1.54) is 4.68 Å². The first-order chi connectivity index (χ1) is 8.31. The highest BCUT2D eigenvalue weighted by Crippen LogP contribution is 2.04. The molecule has 0 bridgehead atoms. The van der Waals surface area contributed by atoms with Crippen molar-refractivity contribution in [3.63, 3.8) is 0 Å². The Morgan fingerprint density at radius 2 is 2.24 bits per heavy atom. The van der Waals surface area contributed by atoms with Crippen LogP contribution in [0.5, 0.6) is 0 Å². The van der Waals surface area contributed by atoms with Gasteiger partial charge in [0.1, 0.15) is 0 Å². The second kappa shape index (κ2) is 5.77. The van der Waals surface area contributed by atoms with Crippen molar-refractivity contribution in [2.75, 3.05) is 26.3 Å². The molecule has 2 rings (SSSR count). The van der Waals surface area contributed by atoms with Crippen molar-refractivity contribution in [3.8, 4) is 0 Å². The molecular weight excluding hydrogens is 220 g/mol. The van der Waals surface area contributed by atoms with Gasteiger partial charge in [-0.2, -0.15) is 4.68 Å². The van der Waals surface area contributed by atoms with E-state index in [-0.39, 0.29) is 6.03 Å². The van der Waals surface area contributed by atoms with E-state index in [4.69, 9.17) is 4.74 Å². The van der Waals surface area contributed by atoms with Crippen LogP contribution in [0.3, 0.4) is 0 Å². The maximum Gasteiger partial charge on any atom is 0.346 e. The summed E-state index contributed by atoms with van der Waals surface area (Å²) in [6, 6.07) is -0.108. The van der Waals surface area contributed by atoms with Crippen LogP contribution < -0.4 is 0 Å². The minimum atomic E-state index is -0.108. The fourth-order valence-electron chi connectivity index (χ4n) is 1.76. The number of aromatic nitrogens is 3. The molecule has 2 heterocycles. The van der Waals surface area contributed by atoms with Crippen molar-refractivity contribution in [2.24, 2.45) is 0 Å². The topological polar surface area (TPSA) is 60.2 Å². The van der Waals surface area contributed by atoms with Gasteiger partial charge in [-0.25, -0.2) is 4.79 Å². The third kappa shape index (κ3) is 3.03. The predicted molar refractivity (Wildman–Crippen MR) is 61.8 cm³/mol. The third-order valence-electron chi connectivity index (χ3n) is 2.80. The fourth-order valence-corrected chi connectivity index (χ4v) is 1.76. The molecule has 0 saturated carbocycles. The number of ether oxygens (including phenoxy) is 1. The zero-order valence-corrected chi connectivity index (χ0v) is 10.1. The Labute approximate surface area is 101 Å². The molecule has 0 aromatic carbocycles. The first kappa shape index (κ1) is 12.0. The highest BCUT2D eigenvalue weighted by atomic mass is 16.5. The molecule has 1 saturated heterocycles. The minimum absolute atomic E-state index is 0.108. The zero-order valence-electron chi connectivity index (χ0n) is 10.1. The number of carbonyl (C=O) groups is 1. The number of nitrogens with zero attached hydrogens (tertiary/aromatic N) is 4. The Balaban J connectivity index is 1.96. The van der Waals surface area contributed by atoms with E-state index in [1.54, 1.807) is 11.1 Å². The maximum absolute atomic E-state index is 12.0. The van der Waals surface area contributed by atoms with Crippen molar-refractivity contribution in [3.05, 3.63) is 11.9 Å². The summed E-state index contributed by atoms with van der Waals surface area (Å²) >= 11 is 0. The van der Waals surface area contributed by atoms with Gasteiger partial charge in [-0.05, 0) is 12.8 Å². The van der Waals surface area contributed by atoms with E-state index in [0.29, 0.717) is 26.3 Å². The molecular formula is C11H18N4O2. The summed E-state index contributed by atoms with van der Waals surface area (Å²) < 4.78 is 6.53. The van der Waals surface area contributed by atoms with E-state index < -0.39 is 0 Å². The lowest BCUT2D eigenvalue weighted by molar-refractivity contribution is 0.0527. The SMILES string of the molecule is CCCCc1cn(C(=O)N2CCOCC2)nn1. The highest BCUT2D eigenvalue weighted by Gasteiger charge is 2.19. The van der Waals surface area contributed by atoms with Crippen LogP contribution in [-0.2, 0) is 11.2 Å². The quantitative estimate of drug-likeness (QED) is 0.785. The van der Waals surface area contributed by atoms with Gasteiger partial charge in [0.05, 0.1) is 25.1 Å². The van der Waals surface area contributed by atoms with Gasteiger partial charge in [-0.3, -0.25) is 0 Å². The average molecular weight is 238 g/mol. The van der Waals surface area contributed by atoms with Gasteiger partial charge in [-0.15, -0.1) is 5.10 Å². The van der Waals surface area contributed by atoms with E-state index in [0.717, 1.165) is 25.0 Å². The summed E-state index contributed by atoms with van der Waals surface area (Å²) in [5, 5.41) is 7.88.